The summed E-state index contributed by atoms with van der Waals surface area (Å²) in [7, 11) is 0. The zero-order valence-corrected chi connectivity index (χ0v) is 21.8. The summed E-state index contributed by atoms with van der Waals surface area (Å²) < 4.78 is 72.3. The zero-order valence-electron chi connectivity index (χ0n) is 21.8. The number of hydrogen-bond acceptors (Lipinski definition) is 7. The summed E-state index contributed by atoms with van der Waals surface area (Å²) >= 11 is 0. The van der Waals surface area contributed by atoms with Crippen LogP contribution in [0.25, 0.3) is 33.8 Å². The first-order valence-electron chi connectivity index (χ1n) is 12.8. The van der Waals surface area contributed by atoms with Crippen LogP contribution >= 0.6 is 0 Å². The molecule has 4 aromatic heterocycles. The first kappa shape index (κ1) is 26.7. The van der Waals surface area contributed by atoms with E-state index in [-0.39, 0.29) is 35.1 Å². The Hall–Kier alpha value is -4.49. The van der Waals surface area contributed by atoms with Crippen molar-refractivity contribution in [3.8, 4) is 28.7 Å². The molecule has 0 amide bonds. The summed E-state index contributed by atoms with van der Waals surface area (Å²) in [6, 6.07) is 6.77. The molecule has 0 spiro atoms. The molecule has 5 aromatic rings. The van der Waals surface area contributed by atoms with Crippen molar-refractivity contribution in [1.29, 1.82) is 0 Å². The summed E-state index contributed by atoms with van der Waals surface area (Å²) in [6.07, 6.45) is 1.24. The van der Waals surface area contributed by atoms with Crippen LogP contribution in [0.5, 0.6) is 5.88 Å². The Labute approximate surface area is 229 Å². The number of imidazole rings is 1. The molecular formula is C27H23F5N8O. The first-order valence-corrected chi connectivity index (χ1v) is 12.8. The highest BCUT2D eigenvalue weighted by Gasteiger charge is 2.35. The molecule has 212 valence electrons. The van der Waals surface area contributed by atoms with Crippen molar-refractivity contribution in [2.75, 3.05) is 0 Å². The molecule has 9 nitrogen and oxygen atoms in total. The van der Waals surface area contributed by atoms with Crippen LogP contribution in [-0.4, -0.2) is 46.3 Å². The highest BCUT2D eigenvalue weighted by atomic mass is 19.4. The third-order valence-corrected chi connectivity index (χ3v) is 6.77. The lowest BCUT2D eigenvalue weighted by molar-refractivity contribution is -0.140. The number of H-pyrrole nitrogens is 1. The maximum atomic E-state index is 13.3. The number of aromatic amines is 1. The van der Waals surface area contributed by atoms with Crippen LogP contribution in [0.2, 0.25) is 0 Å². The van der Waals surface area contributed by atoms with Crippen LogP contribution in [0.4, 0.5) is 22.0 Å². The van der Waals surface area contributed by atoms with Crippen LogP contribution in [-0.2, 0) is 12.6 Å². The van der Waals surface area contributed by atoms with Gasteiger partial charge >= 0.3 is 12.8 Å². The number of nitrogens with one attached hydrogen (secondary N) is 1. The molecule has 0 saturated heterocycles. The molecule has 1 N–H and O–H groups in total. The van der Waals surface area contributed by atoms with Crippen molar-refractivity contribution in [3.63, 3.8) is 0 Å². The van der Waals surface area contributed by atoms with Gasteiger partial charge in [-0.25, -0.2) is 24.9 Å². The number of hydrogen-bond donors (Lipinski definition) is 1. The largest absolute Gasteiger partial charge is 0.434 e. The molecule has 6 rings (SSSR count). The number of ether oxygens (including phenoxy) is 1. The van der Waals surface area contributed by atoms with Crippen molar-refractivity contribution < 1.29 is 26.7 Å². The molecule has 4 heterocycles. The maximum absolute atomic E-state index is 13.3. The third-order valence-electron chi connectivity index (χ3n) is 6.77. The quantitative estimate of drug-likeness (QED) is 0.217. The van der Waals surface area contributed by atoms with Crippen molar-refractivity contribution in [2.24, 2.45) is 0 Å². The minimum absolute atomic E-state index is 0.0909. The number of aromatic nitrogens is 8. The van der Waals surface area contributed by atoms with E-state index < -0.39 is 18.5 Å². The van der Waals surface area contributed by atoms with Gasteiger partial charge in [0.2, 0.25) is 5.88 Å². The van der Waals surface area contributed by atoms with Gasteiger partial charge < -0.3 is 9.30 Å². The summed E-state index contributed by atoms with van der Waals surface area (Å²) in [6.45, 7) is 0.498. The molecule has 1 fully saturated rings. The summed E-state index contributed by atoms with van der Waals surface area (Å²) in [5, 5.41) is 7.24. The molecule has 1 aliphatic carbocycles. The highest BCUT2D eigenvalue weighted by molar-refractivity contribution is 5.80. The summed E-state index contributed by atoms with van der Waals surface area (Å²) in [5.74, 6) is 0.174. The van der Waals surface area contributed by atoms with Crippen molar-refractivity contribution in [2.45, 2.75) is 57.9 Å². The van der Waals surface area contributed by atoms with Gasteiger partial charge in [0.05, 0.1) is 17.6 Å². The normalized spacial score (nSPS) is 14.0. The molecule has 1 saturated carbocycles. The van der Waals surface area contributed by atoms with E-state index in [1.807, 2.05) is 0 Å². The van der Waals surface area contributed by atoms with Gasteiger partial charge in [-0.1, -0.05) is 24.3 Å². The smallest absolute Gasteiger partial charge is 0.416 e. The predicted molar refractivity (Wildman–Crippen MR) is 137 cm³/mol. The number of nitrogens with zero attached hydrogens (tertiary/aromatic N) is 7. The molecule has 0 aliphatic heterocycles. The van der Waals surface area contributed by atoms with Crippen molar-refractivity contribution in [3.05, 3.63) is 65.6 Å². The Morgan fingerprint density at radius 2 is 1.80 bits per heavy atom. The van der Waals surface area contributed by atoms with E-state index in [0.29, 0.717) is 34.4 Å². The SMILES string of the molecule is CC(C)n1cc(C(F)(F)F)nc1-c1ccc(Cc2n[nH]c3cnc(-c4c(OC(F)F)ncnc4C4CC4)nc23)cc1. The minimum atomic E-state index is -4.55. The fraction of sp³-hybridized carbons (Fsp3) is 0.333. The van der Waals surface area contributed by atoms with E-state index in [4.69, 9.17) is 0 Å². The average molecular weight is 571 g/mol. The lowest BCUT2D eigenvalue weighted by Crippen LogP contribution is -2.08. The monoisotopic (exact) mass is 570 g/mol. The number of halogens is 5. The lowest BCUT2D eigenvalue weighted by atomic mass is 10.1. The Balaban J connectivity index is 1.32. The van der Waals surface area contributed by atoms with E-state index in [1.54, 1.807) is 38.1 Å². The van der Waals surface area contributed by atoms with E-state index >= 15 is 0 Å². The molecule has 1 aromatic carbocycles. The fourth-order valence-electron chi connectivity index (χ4n) is 4.64. The van der Waals surface area contributed by atoms with Crippen LogP contribution in [0.1, 0.15) is 61.3 Å². The van der Waals surface area contributed by atoms with Gasteiger partial charge in [0.15, 0.2) is 11.5 Å². The molecule has 14 heteroatoms. The highest BCUT2D eigenvalue weighted by Crippen LogP contribution is 2.45. The second kappa shape index (κ2) is 10.2. The molecule has 0 unspecified atom stereocenters. The van der Waals surface area contributed by atoms with Gasteiger partial charge in [0.1, 0.15) is 28.7 Å². The second-order valence-electron chi connectivity index (χ2n) is 10.0. The fourth-order valence-corrected chi connectivity index (χ4v) is 4.64. The van der Waals surface area contributed by atoms with E-state index in [2.05, 4.69) is 39.9 Å². The maximum Gasteiger partial charge on any atom is 0.434 e. The Morgan fingerprint density at radius 3 is 2.46 bits per heavy atom. The van der Waals surface area contributed by atoms with Crippen LogP contribution in [0.3, 0.4) is 0 Å². The van der Waals surface area contributed by atoms with Gasteiger partial charge in [-0.2, -0.15) is 27.1 Å². The second-order valence-corrected chi connectivity index (χ2v) is 10.0. The van der Waals surface area contributed by atoms with E-state index in [1.165, 1.54) is 17.1 Å². The van der Waals surface area contributed by atoms with E-state index in [9.17, 15) is 22.0 Å². The van der Waals surface area contributed by atoms with Crippen LogP contribution in [0.15, 0.2) is 43.0 Å². The number of benzene rings is 1. The molecule has 0 atom stereocenters. The molecule has 41 heavy (non-hydrogen) atoms. The summed E-state index contributed by atoms with van der Waals surface area (Å²) in [5.41, 5.74) is 2.80. The Morgan fingerprint density at radius 1 is 1.05 bits per heavy atom. The standard InChI is InChI=1S/C27H23F5N8O/c1-13(2)40-11-19(27(30,31)32)36-24(40)16-5-3-14(4-6-16)9-17-22-18(39-38-17)10-33-23(37-22)20-21(15-7-8-15)34-12-35-25(20)41-26(28)29/h3-6,10-13,15,26H,7-9H2,1-2H3,(H,38,39). The average Bonchev–Trinajstić information content (AvgIpc) is 3.54. The summed E-state index contributed by atoms with van der Waals surface area (Å²) in [4.78, 5) is 21.0. The van der Waals surface area contributed by atoms with Gasteiger partial charge in [-0.15, -0.1) is 0 Å². The molecular weight excluding hydrogens is 547 g/mol. The van der Waals surface area contributed by atoms with Gasteiger partial charge in [0, 0.05) is 30.1 Å². The number of alkyl halides is 5. The topological polar surface area (TPSA) is 107 Å². The van der Waals surface area contributed by atoms with E-state index in [0.717, 1.165) is 24.6 Å². The third kappa shape index (κ3) is 5.33. The Bertz CT molecular complexity index is 1710. The van der Waals surface area contributed by atoms with Crippen molar-refractivity contribution >= 4 is 11.0 Å². The number of fused-ring (bicyclic) bond motifs is 1. The Kier molecular flexibility index (Phi) is 6.62. The number of rotatable bonds is 8. The lowest BCUT2D eigenvalue weighted by Gasteiger charge is -2.12. The predicted octanol–water partition coefficient (Wildman–Crippen LogP) is 6.34. The van der Waals surface area contributed by atoms with Crippen molar-refractivity contribution in [1.82, 2.24) is 39.7 Å². The first-order chi connectivity index (χ1) is 19.6. The zero-order chi connectivity index (χ0) is 28.9. The molecule has 0 radical (unpaired) electrons. The molecule has 1 aliphatic rings. The van der Waals surface area contributed by atoms with Gasteiger partial charge in [0.25, 0.3) is 0 Å². The minimum Gasteiger partial charge on any atom is -0.416 e. The van der Waals surface area contributed by atoms with Gasteiger partial charge in [-0.3, -0.25) is 5.10 Å². The van der Waals surface area contributed by atoms with Crippen LogP contribution < -0.4 is 4.74 Å². The molecule has 0 bridgehead atoms. The van der Waals surface area contributed by atoms with Gasteiger partial charge in [-0.05, 0) is 32.3 Å². The van der Waals surface area contributed by atoms with Crippen LogP contribution in [0, 0.1) is 0 Å².